The first kappa shape index (κ1) is 21.5. The lowest BCUT2D eigenvalue weighted by molar-refractivity contribution is -0.164. The van der Waals surface area contributed by atoms with Crippen LogP contribution in [0.2, 0.25) is 0 Å². The number of aromatic nitrogens is 1. The van der Waals surface area contributed by atoms with Crippen LogP contribution in [0.15, 0.2) is 48.7 Å². The van der Waals surface area contributed by atoms with Crippen molar-refractivity contribution in [3.63, 3.8) is 0 Å². The predicted molar refractivity (Wildman–Crippen MR) is 117 cm³/mol. The molecule has 1 aromatic carbocycles. The second-order valence-electron chi connectivity index (χ2n) is 7.46. The minimum Gasteiger partial charge on any atom is -0.507 e. The molecule has 2 aromatic rings. The first-order valence-corrected chi connectivity index (χ1v) is 10.7. The lowest BCUT2D eigenvalue weighted by Crippen LogP contribution is -2.23. The van der Waals surface area contributed by atoms with Crippen molar-refractivity contribution in [2.75, 3.05) is 26.2 Å². The number of phenolic OH excluding ortho intramolecular Hbond substituents is 1. The van der Waals surface area contributed by atoms with E-state index in [1.807, 2.05) is 35.5 Å². The number of benzene rings is 1. The largest absolute Gasteiger partial charge is 0.507 e. The summed E-state index contributed by atoms with van der Waals surface area (Å²) in [6, 6.07) is 11.7. The molecular weight excluding hydrogens is 362 g/mol. The summed E-state index contributed by atoms with van der Waals surface area (Å²) in [6.45, 7) is 8.44. The average Bonchev–Trinajstić information content (AvgIpc) is 3.03. The van der Waals surface area contributed by atoms with E-state index in [0.29, 0.717) is 18.3 Å². The third kappa shape index (κ3) is 6.13. The zero-order chi connectivity index (χ0) is 20.5. The summed E-state index contributed by atoms with van der Waals surface area (Å²) in [7, 11) is 0. The number of phenols is 1. The molecular formula is C24H33N3O2. The molecule has 1 aliphatic rings. The van der Waals surface area contributed by atoms with Crippen molar-refractivity contribution in [2.45, 2.75) is 39.7 Å². The Labute approximate surface area is 174 Å². The van der Waals surface area contributed by atoms with Crippen molar-refractivity contribution < 1.29 is 9.94 Å². The summed E-state index contributed by atoms with van der Waals surface area (Å²) in [5, 5.41) is 15.9. The quantitative estimate of drug-likeness (QED) is 0.650. The summed E-state index contributed by atoms with van der Waals surface area (Å²) in [6.07, 6.45) is 7.67. The van der Waals surface area contributed by atoms with Crippen molar-refractivity contribution in [1.82, 2.24) is 15.4 Å². The van der Waals surface area contributed by atoms with E-state index >= 15 is 0 Å². The smallest absolute Gasteiger partial charge is 0.123 e. The summed E-state index contributed by atoms with van der Waals surface area (Å²) in [5.41, 5.74) is 3.84. The van der Waals surface area contributed by atoms with Gasteiger partial charge in [0.25, 0.3) is 0 Å². The molecule has 5 nitrogen and oxygen atoms in total. The van der Waals surface area contributed by atoms with Crippen LogP contribution in [0.1, 0.15) is 49.9 Å². The van der Waals surface area contributed by atoms with Gasteiger partial charge in [-0.15, -0.1) is 0 Å². The van der Waals surface area contributed by atoms with Crippen molar-refractivity contribution >= 4 is 5.57 Å². The van der Waals surface area contributed by atoms with Gasteiger partial charge in [0.2, 0.25) is 0 Å². The van der Waals surface area contributed by atoms with Crippen LogP contribution >= 0.6 is 0 Å². The normalized spacial score (nSPS) is 18.0. The number of hydrogen-bond donors (Lipinski definition) is 2. The molecule has 1 aromatic heterocycles. The molecule has 3 rings (SSSR count). The Balaban J connectivity index is 1.85. The Kier molecular flexibility index (Phi) is 8.23. The number of hydrogen-bond acceptors (Lipinski definition) is 5. The molecule has 1 fully saturated rings. The van der Waals surface area contributed by atoms with Gasteiger partial charge in [0.05, 0.1) is 5.69 Å². The number of allylic oxidation sites excluding steroid dienone is 1. The van der Waals surface area contributed by atoms with E-state index in [2.05, 4.69) is 36.3 Å². The molecule has 0 saturated carbocycles. The number of rotatable bonds is 8. The molecule has 156 valence electrons. The Morgan fingerprint density at radius 3 is 2.72 bits per heavy atom. The third-order valence-corrected chi connectivity index (χ3v) is 5.45. The van der Waals surface area contributed by atoms with Crippen LogP contribution in [0, 0.1) is 5.92 Å². The topological polar surface area (TPSA) is 57.6 Å². The summed E-state index contributed by atoms with van der Waals surface area (Å²) < 4.78 is 0. The molecule has 0 aliphatic carbocycles. The fourth-order valence-corrected chi connectivity index (χ4v) is 3.72. The number of para-hydroxylation sites is 1. The standard InChI is InChI=1S/C24H33N3O2/c1-3-27(4-2)29-18-21-12-11-20(17-26-21)23(22-9-5-6-10-24(22)28)16-19-8-7-14-25-15-13-19/h5-6,9-12,16-17,19,25,28H,3-4,7-8,13-15,18H2,1-2H3/b23-16-. The SMILES string of the molecule is CCN(CC)OCc1ccc(/C(=C/C2CCCNCC2)c2ccccc2O)cn1. The first-order chi connectivity index (χ1) is 14.2. The van der Waals surface area contributed by atoms with Gasteiger partial charge in [-0.1, -0.05) is 44.2 Å². The highest BCUT2D eigenvalue weighted by atomic mass is 16.7. The van der Waals surface area contributed by atoms with Crippen LogP contribution in [0.25, 0.3) is 5.57 Å². The van der Waals surface area contributed by atoms with E-state index in [1.165, 1.54) is 6.42 Å². The molecule has 1 saturated heterocycles. The maximum absolute atomic E-state index is 10.5. The molecule has 0 spiro atoms. The molecule has 0 bridgehead atoms. The highest BCUT2D eigenvalue weighted by Crippen LogP contribution is 2.32. The predicted octanol–water partition coefficient (Wildman–Crippen LogP) is 4.38. The summed E-state index contributed by atoms with van der Waals surface area (Å²) >= 11 is 0. The van der Waals surface area contributed by atoms with Crippen LogP contribution in [0.4, 0.5) is 0 Å². The second kappa shape index (κ2) is 11.1. The number of nitrogens with one attached hydrogen (secondary N) is 1. The Morgan fingerprint density at radius 1 is 1.17 bits per heavy atom. The highest BCUT2D eigenvalue weighted by Gasteiger charge is 2.15. The van der Waals surface area contributed by atoms with Crippen molar-refractivity contribution in [2.24, 2.45) is 5.92 Å². The average molecular weight is 396 g/mol. The van der Waals surface area contributed by atoms with Crippen LogP contribution in [0.3, 0.4) is 0 Å². The Morgan fingerprint density at radius 2 is 2.00 bits per heavy atom. The Bertz CT molecular complexity index is 777. The van der Waals surface area contributed by atoms with Crippen molar-refractivity contribution in [3.8, 4) is 5.75 Å². The van der Waals surface area contributed by atoms with Gasteiger partial charge < -0.3 is 10.4 Å². The number of hydroxylamine groups is 2. The van der Waals surface area contributed by atoms with Crippen LogP contribution in [-0.2, 0) is 11.4 Å². The first-order valence-electron chi connectivity index (χ1n) is 10.7. The third-order valence-electron chi connectivity index (χ3n) is 5.45. The summed E-state index contributed by atoms with van der Waals surface area (Å²) in [5.74, 6) is 0.796. The molecule has 0 amide bonds. The van der Waals surface area contributed by atoms with Crippen molar-refractivity contribution in [3.05, 3.63) is 65.5 Å². The Hall–Kier alpha value is -2.21. The van der Waals surface area contributed by atoms with Gasteiger partial charge in [-0.25, -0.2) is 0 Å². The molecule has 2 N–H and O–H groups in total. The van der Waals surface area contributed by atoms with E-state index in [4.69, 9.17) is 4.84 Å². The number of pyridine rings is 1. The van der Waals surface area contributed by atoms with Gasteiger partial charge in [0.15, 0.2) is 0 Å². The van der Waals surface area contributed by atoms with Gasteiger partial charge in [0, 0.05) is 30.4 Å². The monoisotopic (exact) mass is 395 g/mol. The molecule has 0 radical (unpaired) electrons. The lowest BCUT2D eigenvalue weighted by atomic mass is 9.91. The van der Waals surface area contributed by atoms with E-state index in [1.54, 1.807) is 6.07 Å². The van der Waals surface area contributed by atoms with E-state index in [9.17, 15) is 5.11 Å². The number of nitrogens with zero attached hydrogens (tertiary/aromatic N) is 2. The van der Waals surface area contributed by atoms with Crippen LogP contribution in [0.5, 0.6) is 5.75 Å². The fraction of sp³-hybridized carbons (Fsp3) is 0.458. The van der Waals surface area contributed by atoms with E-state index < -0.39 is 0 Å². The minimum absolute atomic E-state index is 0.305. The minimum atomic E-state index is 0.305. The summed E-state index contributed by atoms with van der Waals surface area (Å²) in [4.78, 5) is 10.4. The highest BCUT2D eigenvalue weighted by molar-refractivity contribution is 5.82. The fourth-order valence-electron chi connectivity index (χ4n) is 3.72. The molecule has 2 heterocycles. The maximum atomic E-state index is 10.5. The molecule has 29 heavy (non-hydrogen) atoms. The van der Waals surface area contributed by atoms with Gasteiger partial charge in [-0.05, 0) is 56.0 Å². The maximum Gasteiger partial charge on any atom is 0.123 e. The van der Waals surface area contributed by atoms with Gasteiger partial charge >= 0.3 is 0 Å². The van der Waals surface area contributed by atoms with E-state index in [-0.39, 0.29) is 0 Å². The zero-order valence-corrected chi connectivity index (χ0v) is 17.6. The molecule has 5 heteroatoms. The lowest BCUT2D eigenvalue weighted by Gasteiger charge is -2.18. The van der Waals surface area contributed by atoms with Crippen LogP contribution in [-0.4, -0.2) is 41.3 Å². The van der Waals surface area contributed by atoms with Gasteiger partial charge in [-0.3, -0.25) is 9.82 Å². The van der Waals surface area contributed by atoms with Crippen molar-refractivity contribution in [1.29, 1.82) is 0 Å². The van der Waals surface area contributed by atoms with E-state index in [0.717, 1.165) is 61.4 Å². The van der Waals surface area contributed by atoms with Gasteiger partial charge in [0.1, 0.15) is 12.4 Å². The molecule has 1 aliphatic heterocycles. The second-order valence-corrected chi connectivity index (χ2v) is 7.46. The number of aromatic hydroxyl groups is 1. The molecule has 1 unspecified atom stereocenters. The van der Waals surface area contributed by atoms with Crippen LogP contribution < -0.4 is 5.32 Å². The zero-order valence-electron chi connectivity index (χ0n) is 17.6. The molecule has 1 atom stereocenters. The van der Waals surface area contributed by atoms with Gasteiger partial charge in [-0.2, -0.15) is 5.06 Å².